The van der Waals surface area contributed by atoms with Crippen LogP contribution >= 0.6 is 0 Å². The molecule has 1 aliphatic carbocycles. The first-order valence-corrected chi connectivity index (χ1v) is 24.5. The van der Waals surface area contributed by atoms with Crippen molar-refractivity contribution >= 4 is 34.1 Å². The SMILES string of the molecule is Cc1ccc(-c2ccccc2)cc1N1c2cc3c(cc2C2c4ccc(C(C)(C)C)cc4N(c4ccc(C(C)(C)C)cc4-c4ccccc4)c4cc(C(C)(C)C)cc1c42)C(C)(C)CCC3(C)C. The van der Waals surface area contributed by atoms with E-state index in [-0.39, 0.29) is 33.0 Å². The molecule has 0 bridgehead atoms. The van der Waals surface area contributed by atoms with Crippen LogP contribution in [-0.4, -0.2) is 0 Å². The molecule has 10 rings (SSSR count). The second kappa shape index (κ2) is 15.1. The predicted molar refractivity (Wildman–Crippen MR) is 284 cm³/mol. The molecular formula is C64H70N2. The van der Waals surface area contributed by atoms with Crippen molar-refractivity contribution in [1.29, 1.82) is 0 Å². The molecule has 7 aromatic rings. The van der Waals surface area contributed by atoms with E-state index >= 15 is 0 Å². The monoisotopic (exact) mass is 867 g/mol. The molecule has 0 N–H and O–H groups in total. The highest BCUT2D eigenvalue weighted by Crippen LogP contribution is 2.64. The van der Waals surface area contributed by atoms with E-state index in [0.29, 0.717) is 0 Å². The predicted octanol–water partition coefficient (Wildman–Crippen LogP) is 18.3. The third-order valence-corrected chi connectivity index (χ3v) is 15.5. The maximum absolute atomic E-state index is 2.69. The summed E-state index contributed by atoms with van der Waals surface area (Å²) in [4.78, 5) is 5.36. The first-order chi connectivity index (χ1) is 31.0. The van der Waals surface area contributed by atoms with E-state index in [9.17, 15) is 0 Å². The fourth-order valence-corrected chi connectivity index (χ4v) is 11.2. The second-order valence-electron chi connectivity index (χ2n) is 24.2. The Morgan fingerprint density at radius 2 is 0.909 bits per heavy atom. The zero-order valence-corrected chi connectivity index (χ0v) is 42.2. The summed E-state index contributed by atoms with van der Waals surface area (Å²) in [6.07, 6.45) is 2.33. The van der Waals surface area contributed by atoms with Crippen molar-refractivity contribution in [3.63, 3.8) is 0 Å². The van der Waals surface area contributed by atoms with Crippen LogP contribution in [0.3, 0.4) is 0 Å². The Morgan fingerprint density at radius 3 is 1.50 bits per heavy atom. The summed E-state index contributed by atoms with van der Waals surface area (Å²) in [7, 11) is 0. The first kappa shape index (κ1) is 44.0. The summed E-state index contributed by atoms with van der Waals surface area (Å²) in [6, 6.07) is 54.3. The van der Waals surface area contributed by atoms with Crippen molar-refractivity contribution in [2.75, 3.05) is 9.80 Å². The average molecular weight is 867 g/mol. The van der Waals surface area contributed by atoms with Gasteiger partial charge in [-0.05, 0) is 151 Å². The number of benzene rings is 7. The topological polar surface area (TPSA) is 6.48 Å². The summed E-state index contributed by atoms with van der Waals surface area (Å²) in [5.74, 6) is 0.0216. The van der Waals surface area contributed by atoms with Gasteiger partial charge < -0.3 is 9.80 Å². The van der Waals surface area contributed by atoms with Gasteiger partial charge in [0.2, 0.25) is 0 Å². The number of hydrogen-bond acceptors (Lipinski definition) is 2. The van der Waals surface area contributed by atoms with E-state index in [4.69, 9.17) is 0 Å². The minimum atomic E-state index is -0.132. The van der Waals surface area contributed by atoms with Crippen LogP contribution in [0.4, 0.5) is 34.1 Å². The Balaban J connectivity index is 1.38. The largest absolute Gasteiger partial charge is 0.309 e. The molecule has 0 saturated heterocycles. The molecule has 66 heavy (non-hydrogen) atoms. The minimum Gasteiger partial charge on any atom is -0.309 e. The van der Waals surface area contributed by atoms with E-state index in [1.165, 1.54) is 113 Å². The lowest BCUT2D eigenvalue weighted by Crippen LogP contribution is -2.36. The van der Waals surface area contributed by atoms with Crippen molar-refractivity contribution in [3.8, 4) is 22.3 Å². The molecule has 2 nitrogen and oxygen atoms in total. The average Bonchev–Trinajstić information content (AvgIpc) is 3.27. The highest BCUT2D eigenvalue weighted by atomic mass is 15.2. The summed E-state index contributed by atoms with van der Waals surface area (Å²) in [6.45, 7) is 33.4. The zero-order valence-electron chi connectivity index (χ0n) is 42.2. The highest BCUT2D eigenvalue weighted by Gasteiger charge is 2.46. The summed E-state index contributed by atoms with van der Waals surface area (Å²) in [5.41, 5.74) is 24.8. The number of rotatable bonds is 4. The third kappa shape index (κ3) is 7.22. The van der Waals surface area contributed by atoms with Crippen molar-refractivity contribution in [2.24, 2.45) is 0 Å². The fraction of sp³-hybridized carbons (Fsp3) is 0.344. The van der Waals surface area contributed by atoms with Gasteiger partial charge >= 0.3 is 0 Å². The fourth-order valence-electron chi connectivity index (χ4n) is 11.2. The zero-order chi connectivity index (χ0) is 46.9. The normalized spacial score (nSPS) is 17.2. The van der Waals surface area contributed by atoms with Gasteiger partial charge in [0.05, 0.1) is 28.4 Å². The molecule has 1 unspecified atom stereocenters. The molecule has 0 amide bonds. The van der Waals surface area contributed by atoms with E-state index in [2.05, 4.69) is 246 Å². The van der Waals surface area contributed by atoms with E-state index in [1.54, 1.807) is 0 Å². The maximum atomic E-state index is 2.69. The second-order valence-corrected chi connectivity index (χ2v) is 24.2. The molecule has 2 heteroatoms. The number of aryl methyl sites for hydroxylation is 1. The molecule has 0 fully saturated rings. The first-order valence-electron chi connectivity index (χ1n) is 24.5. The molecule has 1 atom stereocenters. The standard InChI is InChI=1S/C64H70N2/c1-40-25-26-43(41-21-17-15-18-22-41)33-53(40)66-55-39-51-50(63(11,12)31-32-64(51,13)14)38-49(55)58-47-29-27-45(61(5,6)7)35-54(47)65(56-36-46(62(8,9)10)37-57(66)59(56)58)52-30-28-44(60(2,3)4)34-48(52)42-23-19-16-20-24-42/h15-30,33-39,58H,31-32H2,1-14H3. The maximum Gasteiger partial charge on any atom is 0.0540 e. The molecule has 2 aliphatic heterocycles. The van der Waals surface area contributed by atoms with Gasteiger partial charge in [-0.15, -0.1) is 0 Å². The van der Waals surface area contributed by atoms with Gasteiger partial charge in [0, 0.05) is 22.7 Å². The van der Waals surface area contributed by atoms with Crippen LogP contribution in [0.25, 0.3) is 22.3 Å². The smallest absolute Gasteiger partial charge is 0.0540 e. The van der Waals surface area contributed by atoms with Gasteiger partial charge in [0.1, 0.15) is 0 Å². The van der Waals surface area contributed by atoms with Gasteiger partial charge in [0.25, 0.3) is 0 Å². The summed E-state index contributed by atoms with van der Waals surface area (Å²) >= 11 is 0. The third-order valence-electron chi connectivity index (χ3n) is 15.5. The van der Waals surface area contributed by atoms with Crippen LogP contribution in [0.15, 0.2) is 140 Å². The van der Waals surface area contributed by atoms with Crippen molar-refractivity contribution in [1.82, 2.24) is 0 Å². The van der Waals surface area contributed by atoms with Crippen LogP contribution in [0, 0.1) is 6.92 Å². The van der Waals surface area contributed by atoms with Crippen molar-refractivity contribution < 1.29 is 0 Å². The van der Waals surface area contributed by atoms with E-state index < -0.39 is 0 Å². The summed E-state index contributed by atoms with van der Waals surface area (Å²) < 4.78 is 0. The van der Waals surface area contributed by atoms with Crippen LogP contribution in [-0.2, 0) is 27.1 Å². The lowest BCUT2D eigenvalue weighted by Gasteiger charge is -2.49. The Bertz CT molecular complexity index is 3030. The lowest BCUT2D eigenvalue weighted by molar-refractivity contribution is 0.331. The van der Waals surface area contributed by atoms with Gasteiger partial charge in [-0.1, -0.05) is 187 Å². The quantitative estimate of drug-likeness (QED) is 0.174. The molecule has 336 valence electrons. The Morgan fingerprint density at radius 1 is 0.409 bits per heavy atom. The molecule has 0 radical (unpaired) electrons. The Hall–Kier alpha value is -5.86. The molecule has 3 aliphatic rings. The molecule has 0 aromatic heterocycles. The van der Waals surface area contributed by atoms with Crippen molar-refractivity contribution in [2.45, 2.75) is 143 Å². The van der Waals surface area contributed by atoms with Crippen LogP contribution < -0.4 is 9.80 Å². The van der Waals surface area contributed by atoms with Crippen LogP contribution in [0.2, 0.25) is 0 Å². The van der Waals surface area contributed by atoms with Gasteiger partial charge in [-0.25, -0.2) is 0 Å². The van der Waals surface area contributed by atoms with Gasteiger partial charge in [-0.2, -0.15) is 0 Å². The van der Waals surface area contributed by atoms with E-state index in [1.807, 2.05) is 0 Å². The number of anilines is 6. The summed E-state index contributed by atoms with van der Waals surface area (Å²) in [5, 5.41) is 0. The Labute approximate surface area is 396 Å². The van der Waals surface area contributed by atoms with Gasteiger partial charge in [-0.3, -0.25) is 0 Å². The molecule has 0 saturated carbocycles. The molecular weight excluding hydrogens is 797 g/mol. The molecule has 7 aromatic carbocycles. The molecule has 2 heterocycles. The van der Waals surface area contributed by atoms with E-state index in [0.717, 1.165) is 6.42 Å². The number of fused-ring (bicyclic) bond motifs is 5. The van der Waals surface area contributed by atoms with Crippen LogP contribution in [0.5, 0.6) is 0 Å². The number of hydrogen-bond donors (Lipinski definition) is 0. The van der Waals surface area contributed by atoms with Crippen molar-refractivity contribution in [3.05, 3.63) is 190 Å². The highest BCUT2D eigenvalue weighted by molar-refractivity contribution is 6.00. The Kier molecular flexibility index (Phi) is 10.1. The minimum absolute atomic E-state index is 0.0183. The lowest BCUT2D eigenvalue weighted by atomic mass is 9.61. The van der Waals surface area contributed by atoms with Crippen LogP contribution in [0.1, 0.15) is 159 Å². The van der Waals surface area contributed by atoms with Gasteiger partial charge in [0.15, 0.2) is 0 Å². The number of nitrogens with zero attached hydrogens (tertiary/aromatic N) is 2. The molecule has 0 spiro atoms.